The molecule has 0 aliphatic heterocycles. The number of benzene rings is 1. The molecule has 0 saturated carbocycles. The van der Waals surface area contributed by atoms with Gasteiger partial charge in [-0.3, -0.25) is 0 Å². The summed E-state index contributed by atoms with van der Waals surface area (Å²) in [6.45, 7) is 2.91. The quantitative estimate of drug-likeness (QED) is 0.851. The van der Waals surface area contributed by atoms with E-state index in [9.17, 15) is 4.39 Å². The Hall–Kier alpha value is -1.95. The van der Waals surface area contributed by atoms with Gasteiger partial charge >= 0.3 is 0 Å². The van der Waals surface area contributed by atoms with Gasteiger partial charge in [-0.15, -0.1) is 0 Å². The fourth-order valence-corrected chi connectivity index (χ4v) is 1.96. The number of rotatable bonds is 5. The lowest BCUT2D eigenvalue weighted by molar-refractivity contribution is 0.295. The van der Waals surface area contributed by atoms with E-state index >= 15 is 0 Å². The van der Waals surface area contributed by atoms with Crippen molar-refractivity contribution in [1.29, 1.82) is 0 Å². The van der Waals surface area contributed by atoms with Gasteiger partial charge in [0.1, 0.15) is 29.0 Å². The first-order valence-corrected chi connectivity index (χ1v) is 6.19. The minimum atomic E-state index is -0.469. The Bertz CT molecular complexity index is 597. The summed E-state index contributed by atoms with van der Waals surface area (Å²) in [5.41, 5.74) is 5.65. The largest absolute Gasteiger partial charge is 0.491 e. The molecule has 19 heavy (non-hydrogen) atoms. The van der Waals surface area contributed by atoms with Gasteiger partial charge in [0.15, 0.2) is 0 Å². The lowest BCUT2D eigenvalue weighted by Crippen LogP contribution is -2.16. The van der Waals surface area contributed by atoms with Crippen LogP contribution in [0, 0.1) is 12.7 Å². The van der Waals surface area contributed by atoms with E-state index in [-0.39, 0.29) is 10.6 Å². The van der Waals surface area contributed by atoms with Gasteiger partial charge in [0.2, 0.25) is 0 Å². The topological polar surface area (TPSA) is 53.1 Å². The molecule has 1 aromatic carbocycles. The summed E-state index contributed by atoms with van der Waals surface area (Å²) in [5, 5.41) is 0. The highest BCUT2D eigenvalue weighted by Crippen LogP contribution is 2.21. The SMILES string of the molecule is Cc1nccn1CCOc1cccc(F)c1C(N)=S. The molecule has 0 atom stereocenters. The van der Waals surface area contributed by atoms with Crippen molar-refractivity contribution in [3.8, 4) is 5.75 Å². The first kappa shape index (κ1) is 13.5. The Kier molecular flexibility index (Phi) is 4.11. The monoisotopic (exact) mass is 279 g/mol. The molecule has 100 valence electrons. The normalized spacial score (nSPS) is 10.4. The second-order valence-corrected chi connectivity index (χ2v) is 4.43. The van der Waals surface area contributed by atoms with Crippen LogP contribution in [0.25, 0.3) is 0 Å². The molecule has 2 N–H and O–H groups in total. The Labute approximate surface area is 116 Å². The van der Waals surface area contributed by atoms with Crippen molar-refractivity contribution in [3.63, 3.8) is 0 Å². The van der Waals surface area contributed by atoms with Crippen LogP contribution in [0.2, 0.25) is 0 Å². The van der Waals surface area contributed by atoms with E-state index in [1.165, 1.54) is 6.07 Å². The third-order valence-corrected chi connectivity index (χ3v) is 2.94. The van der Waals surface area contributed by atoms with E-state index in [4.69, 9.17) is 22.7 Å². The maximum atomic E-state index is 13.6. The highest BCUT2D eigenvalue weighted by Gasteiger charge is 2.12. The second kappa shape index (κ2) is 5.79. The summed E-state index contributed by atoms with van der Waals surface area (Å²) in [5.74, 6) is 0.798. The molecule has 4 nitrogen and oxygen atoms in total. The Morgan fingerprint density at radius 3 is 2.95 bits per heavy atom. The summed E-state index contributed by atoms with van der Waals surface area (Å²) in [6, 6.07) is 4.52. The Balaban J connectivity index is 2.06. The predicted molar refractivity (Wildman–Crippen MR) is 74.7 cm³/mol. The second-order valence-electron chi connectivity index (χ2n) is 3.99. The van der Waals surface area contributed by atoms with Crippen molar-refractivity contribution in [1.82, 2.24) is 9.55 Å². The lowest BCUT2D eigenvalue weighted by Gasteiger charge is -2.12. The zero-order valence-corrected chi connectivity index (χ0v) is 11.3. The molecule has 0 saturated heterocycles. The van der Waals surface area contributed by atoms with Crippen LogP contribution in [0.1, 0.15) is 11.4 Å². The molecule has 0 amide bonds. The molecule has 0 spiro atoms. The van der Waals surface area contributed by atoms with Gasteiger partial charge in [-0.1, -0.05) is 18.3 Å². The van der Waals surface area contributed by atoms with E-state index < -0.39 is 5.82 Å². The first-order chi connectivity index (χ1) is 9.09. The Morgan fingerprint density at radius 2 is 2.32 bits per heavy atom. The van der Waals surface area contributed by atoms with Gasteiger partial charge in [-0.25, -0.2) is 9.37 Å². The average Bonchev–Trinajstić information content (AvgIpc) is 2.75. The molecule has 1 aromatic heterocycles. The van der Waals surface area contributed by atoms with E-state index in [0.29, 0.717) is 18.9 Å². The molecule has 6 heteroatoms. The van der Waals surface area contributed by atoms with Crippen molar-refractivity contribution in [2.24, 2.45) is 5.73 Å². The molecule has 0 fully saturated rings. The lowest BCUT2D eigenvalue weighted by atomic mass is 10.2. The van der Waals surface area contributed by atoms with Crippen LogP contribution in [0.15, 0.2) is 30.6 Å². The summed E-state index contributed by atoms with van der Waals surface area (Å²) < 4.78 is 21.1. The summed E-state index contributed by atoms with van der Waals surface area (Å²) in [6.07, 6.45) is 3.58. The van der Waals surface area contributed by atoms with Crippen molar-refractivity contribution in [2.75, 3.05) is 6.61 Å². The molecule has 0 unspecified atom stereocenters. The number of thiocarbonyl (C=S) groups is 1. The molecule has 0 bridgehead atoms. The van der Waals surface area contributed by atoms with Gasteiger partial charge < -0.3 is 15.0 Å². The number of hydrogen-bond donors (Lipinski definition) is 1. The maximum Gasteiger partial charge on any atom is 0.137 e. The number of hydrogen-bond acceptors (Lipinski definition) is 3. The minimum Gasteiger partial charge on any atom is -0.491 e. The van der Waals surface area contributed by atoms with E-state index in [1.807, 2.05) is 17.7 Å². The molecule has 1 heterocycles. The number of halogens is 1. The molecule has 2 rings (SSSR count). The van der Waals surface area contributed by atoms with Crippen LogP contribution in [-0.4, -0.2) is 21.1 Å². The summed E-state index contributed by atoms with van der Waals surface area (Å²) in [4.78, 5) is 4.10. The van der Waals surface area contributed by atoms with Crippen molar-refractivity contribution < 1.29 is 9.13 Å². The van der Waals surface area contributed by atoms with Crippen LogP contribution >= 0.6 is 12.2 Å². The van der Waals surface area contributed by atoms with Gasteiger partial charge in [-0.05, 0) is 19.1 Å². The minimum absolute atomic E-state index is 0.00749. The fraction of sp³-hybridized carbons (Fsp3) is 0.231. The zero-order chi connectivity index (χ0) is 13.8. The third-order valence-electron chi connectivity index (χ3n) is 2.74. The van der Waals surface area contributed by atoms with Crippen LogP contribution in [0.4, 0.5) is 4.39 Å². The number of aryl methyl sites for hydroxylation is 1. The molecule has 0 aliphatic rings. The Morgan fingerprint density at radius 1 is 1.53 bits per heavy atom. The van der Waals surface area contributed by atoms with Crippen LogP contribution < -0.4 is 10.5 Å². The van der Waals surface area contributed by atoms with Crippen molar-refractivity contribution in [3.05, 3.63) is 47.8 Å². The first-order valence-electron chi connectivity index (χ1n) is 5.78. The highest BCUT2D eigenvalue weighted by molar-refractivity contribution is 7.80. The average molecular weight is 279 g/mol. The zero-order valence-electron chi connectivity index (χ0n) is 10.5. The van der Waals surface area contributed by atoms with Gasteiger partial charge in [0.05, 0.1) is 12.1 Å². The van der Waals surface area contributed by atoms with Gasteiger partial charge in [-0.2, -0.15) is 0 Å². The summed E-state index contributed by atoms with van der Waals surface area (Å²) >= 11 is 4.83. The van der Waals surface area contributed by atoms with Crippen molar-refractivity contribution in [2.45, 2.75) is 13.5 Å². The molecule has 0 aliphatic carbocycles. The number of ether oxygens (including phenoxy) is 1. The van der Waals surface area contributed by atoms with Crippen LogP contribution in [0.3, 0.4) is 0 Å². The van der Waals surface area contributed by atoms with E-state index in [1.54, 1.807) is 18.3 Å². The fourth-order valence-electron chi connectivity index (χ4n) is 1.76. The number of nitrogens with two attached hydrogens (primary N) is 1. The standard InChI is InChI=1S/C13H14FN3OS/c1-9-16-5-6-17(9)7-8-18-11-4-2-3-10(14)12(11)13(15)19/h2-6H,7-8H2,1H3,(H2,15,19). The summed E-state index contributed by atoms with van der Waals surface area (Å²) in [7, 11) is 0. The van der Waals surface area contributed by atoms with Gasteiger partial charge in [0.25, 0.3) is 0 Å². The van der Waals surface area contributed by atoms with Crippen LogP contribution in [-0.2, 0) is 6.54 Å². The number of imidazole rings is 1. The highest BCUT2D eigenvalue weighted by atomic mass is 32.1. The van der Waals surface area contributed by atoms with E-state index in [2.05, 4.69) is 4.98 Å². The van der Waals surface area contributed by atoms with Crippen LogP contribution in [0.5, 0.6) is 5.75 Å². The molecular formula is C13H14FN3OS. The third kappa shape index (κ3) is 3.08. The molecule has 0 radical (unpaired) electrons. The smallest absolute Gasteiger partial charge is 0.137 e. The van der Waals surface area contributed by atoms with Gasteiger partial charge in [0, 0.05) is 12.4 Å². The maximum absolute atomic E-state index is 13.6. The van der Waals surface area contributed by atoms with Crippen molar-refractivity contribution >= 4 is 17.2 Å². The number of nitrogens with zero attached hydrogens (tertiary/aromatic N) is 2. The van der Waals surface area contributed by atoms with E-state index in [0.717, 1.165) is 5.82 Å². The predicted octanol–water partition coefficient (Wildman–Crippen LogP) is 2.04. The molecular weight excluding hydrogens is 265 g/mol. The molecule has 2 aromatic rings. The number of aromatic nitrogens is 2.